The van der Waals surface area contributed by atoms with Crippen molar-refractivity contribution in [3.8, 4) is 0 Å². The van der Waals surface area contributed by atoms with Gasteiger partial charge in [-0.1, -0.05) is 29.8 Å². The second kappa shape index (κ2) is 5.70. The van der Waals surface area contributed by atoms with E-state index in [0.29, 0.717) is 13.1 Å². The fourth-order valence-corrected chi connectivity index (χ4v) is 1.72. The second-order valence-corrected chi connectivity index (χ2v) is 4.07. The number of hydrogen-bond acceptors (Lipinski definition) is 3. The largest absolute Gasteiger partial charge is 0.394 e. The zero-order chi connectivity index (χ0) is 12.1. The van der Waals surface area contributed by atoms with Crippen molar-refractivity contribution < 1.29 is 5.11 Å². The molecule has 4 nitrogen and oxygen atoms in total. The van der Waals surface area contributed by atoms with Crippen molar-refractivity contribution in [2.24, 2.45) is 0 Å². The third-order valence-corrected chi connectivity index (χ3v) is 2.77. The van der Waals surface area contributed by atoms with E-state index in [1.807, 2.05) is 30.5 Å². The SMILES string of the molecule is OCCn1cc(NCc2ccccc2Cl)cn1. The van der Waals surface area contributed by atoms with Gasteiger partial charge in [-0.3, -0.25) is 4.68 Å². The predicted octanol–water partition coefficient (Wildman–Crippen LogP) is 2.14. The number of anilines is 1. The highest BCUT2D eigenvalue weighted by molar-refractivity contribution is 6.31. The van der Waals surface area contributed by atoms with Crippen molar-refractivity contribution in [2.75, 3.05) is 11.9 Å². The summed E-state index contributed by atoms with van der Waals surface area (Å²) in [6.07, 6.45) is 3.58. The van der Waals surface area contributed by atoms with Crippen LogP contribution in [0, 0.1) is 0 Å². The Hall–Kier alpha value is -1.52. The molecule has 0 atom stereocenters. The maximum atomic E-state index is 8.77. The van der Waals surface area contributed by atoms with Gasteiger partial charge in [-0.25, -0.2) is 0 Å². The molecule has 0 saturated carbocycles. The van der Waals surface area contributed by atoms with Crippen LogP contribution >= 0.6 is 11.6 Å². The van der Waals surface area contributed by atoms with Gasteiger partial charge in [0.05, 0.1) is 25.0 Å². The molecule has 2 aromatic rings. The summed E-state index contributed by atoms with van der Waals surface area (Å²) in [5.74, 6) is 0. The van der Waals surface area contributed by atoms with E-state index in [0.717, 1.165) is 16.3 Å². The molecular weight excluding hydrogens is 238 g/mol. The lowest BCUT2D eigenvalue weighted by Gasteiger charge is -2.05. The molecule has 0 amide bonds. The molecule has 0 aliphatic heterocycles. The average Bonchev–Trinajstić information content (AvgIpc) is 2.76. The highest BCUT2D eigenvalue weighted by atomic mass is 35.5. The number of aromatic nitrogens is 2. The van der Waals surface area contributed by atoms with Gasteiger partial charge in [0.2, 0.25) is 0 Å². The summed E-state index contributed by atoms with van der Waals surface area (Å²) in [6, 6.07) is 7.71. The first-order valence-electron chi connectivity index (χ1n) is 5.40. The first-order valence-corrected chi connectivity index (χ1v) is 5.78. The molecule has 2 rings (SSSR count). The summed E-state index contributed by atoms with van der Waals surface area (Å²) in [6.45, 7) is 1.25. The molecule has 0 saturated heterocycles. The zero-order valence-corrected chi connectivity index (χ0v) is 10.1. The van der Waals surface area contributed by atoms with Gasteiger partial charge in [-0.2, -0.15) is 5.10 Å². The van der Waals surface area contributed by atoms with Gasteiger partial charge in [0.25, 0.3) is 0 Å². The van der Waals surface area contributed by atoms with Gasteiger partial charge in [0, 0.05) is 17.8 Å². The Kier molecular flexibility index (Phi) is 4.01. The number of aliphatic hydroxyl groups is 1. The van der Waals surface area contributed by atoms with Crippen LogP contribution in [0.1, 0.15) is 5.56 Å². The van der Waals surface area contributed by atoms with Crippen LogP contribution < -0.4 is 5.32 Å². The molecule has 0 fully saturated rings. The minimum atomic E-state index is 0.0889. The molecule has 0 radical (unpaired) electrons. The Morgan fingerprint density at radius 2 is 2.18 bits per heavy atom. The lowest BCUT2D eigenvalue weighted by molar-refractivity contribution is 0.269. The average molecular weight is 252 g/mol. The maximum Gasteiger partial charge on any atom is 0.0729 e. The molecule has 1 aromatic carbocycles. The van der Waals surface area contributed by atoms with Gasteiger partial charge in [-0.15, -0.1) is 0 Å². The van der Waals surface area contributed by atoms with Gasteiger partial charge in [-0.05, 0) is 11.6 Å². The lowest BCUT2D eigenvalue weighted by Crippen LogP contribution is -2.02. The minimum Gasteiger partial charge on any atom is -0.394 e. The zero-order valence-electron chi connectivity index (χ0n) is 9.31. The van der Waals surface area contributed by atoms with Gasteiger partial charge in [0.1, 0.15) is 0 Å². The van der Waals surface area contributed by atoms with Crippen molar-refractivity contribution >= 4 is 17.3 Å². The predicted molar refractivity (Wildman–Crippen MR) is 68.1 cm³/mol. The van der Waals surface area contributed by atoms with Crippen molar-refractivity contribution in [3.05, 3.63) is 47.2 Å². The number of halogens is 1. The van der Waals surface area contributed by atoms with Crippen molar-refractivity contribution in [2.45, 2.75) is 13.1 Å². The number of nitrogens with zero attached hydrogens (tertiary/aromatic N) is 2. The number of aliphatic hydroxyl groups excluding tert-OH is 1. The molecule has 0 spiro atoms. The topological polar surface area (TPSA) is 50.1 Å². The van der Waals surface area contributed by atoms with Crippen molar-refractivity contribution in [1.29, 1.82) is 0 Å². The summed E-state index contributed by atoms with van der Waals surface area (Å²) in [4.78, 5) is 0. The van der Waals surface area contributed by atoms with Crippen molar-refractivity contribution in [3.63, 3.8) is 0 Å². The van der Waals surface area contributed by atoms with E-state index < -0.39 is 0 Å². The van der Waals surface area contributed by atoms with Crippen LogP contribution in [-0.2, 0) is 13.1 Å². The molecule has 5 heteroatoms. The Balaban J connectivity index is 1.95. The lowest BCUT2D eigenvalue weighted by atomic mass is 10.2. The molecule has 0 unspecified atom stereocenters. The molecule has 0 aliphatic rings. The van der Waals surface area contributed by atoms with E-state index in [-0.39, 0.29) is 6.61 Å². The van der Waals surface area contributed by atoms with Gasteiger partial charge >= 0.3 is 0 Å². The Morgan fingerprint density at radius 3 is 2.94 bits per heavy atom. The van der Waals surface area contributed by atoms with Crippen LogP contribution in [0.15, 0.2) is 36.7 Å². The molecule has 0 aliphatic carbocycles. The van der Waals surface area contributed by atoms with Gasteiger partial charge in [0.15, 0.2) is 0 Å². The fraction of sp³-hybridized carbons (Fsp3) is 0.250. The standard InChI is InChI=1S/C12H14ClN3O/c13-12-4-2-1-3-10(12)7-14-11-8-15-16(9-11)5-6-17/h1-4,8-9,14,17H,5-7H2. The molecule has 0 bridgehead atoms. The van der Waals surface area contributed by atoms with Crippen LogP contribution in [0.5, 0.6) is 0 Å². The Bertz CT molecular complexity index is 484. The molecular formula is C12H14ClN3O. The number of rotatable bonds is 5. The van der Waals surface area contributed by atoms with Gasteiger partial charge < -0.3 is 10.4 Å². The number of nitrogens with one attached hydrogen (secondary N) is 1. The molecule has 1 heterocycles. The first kappa shape index (κ1) is 12.0. The quantitative estimate of drug-likeness (QED) is 0.856. The van der Waals surface area contributed by atoms with E-state index in [2.05, 4.69) is 10.4 Å². The molecule has 2 N–H and O–H groups in total. The van der Waals surface area contributed by atoms with E-state index in [1.165, 1.54) is 0 Å². The number of benzene rings is 1. The Labute approximate surface area is 105 Å². The monoisotopic (exact) mass is 251 g/mol. The summed E-state index contributed by atoms with van der Waals surface area (Å²) in [7, 11) is 0. The van der Waals surface area contributed by atoms with Crippen LogP contribution in [0.25, 0.3) is 0 Å². The van der Waals surface area contributed by atoms with Crippen LogP contribution in [0.3, 0.4) is 0 Å². The van der Waals surface area contributed by atoms with E-state index >= 15 is 0 Å². The molecule has 90 valence electrons. The first-order chi connectivity index (χ1) is 8.29. The highest BCUT2D eigenvalue weighted by Gasteiger charge is 2.00. The van der Waals surface area contributed by atoms with E-state index in [4.69, 9.17) is 16.7 Å². The minimum absolute atomic E-state index is 0.0889. The second-order valence-electron chi connectivity index (χ2n) is 3.66. The van der Waals surface area contributed by atoms with Crippen LogP contribution in [-0.4, -0.2) is 21.5 Å². The summed E-state index contributed by atoms with van der Waals surface area (Å²) in [5.41, 5.74) is 1.96. The van der Waals surface area contributed by atoms with Crippen molar-refractivity contribution in [1.82, 2.24) is 9.78 Å². The summed E-state index contributed by atoms with van der Waals surface area (Å²) in [5, 5.41) is 16.9. The highest BCUT2D eigenvalue weighted by Crippen LogP contribution is 2.16. The Morgan fingerprint density at radius 1 is 1.35 bits per heavy atom. The fourth-order valence-electron chi connectivity index (χ4n) is 1.52. The third-order valence-electron chi connectivity index (χ3n) is 2.40. The van der Waals surface area contributed by atoms with E-state index in [1.54, 1.807) is 10.9 Å². The van der Waals surface area contributed by atoms with Crippen LogP contribution in [0.4, 0.5) is 5.69 Å². The van der Waals surface area contributed by atoms with Crippen LogP contribution in [0.2, 0.25) is 5.02 Å². The summed E-state index contributed by atoms with van der Waals surface area (Å²) >= 11 is 6.05. The maximum absolute atomic E-state index is 8.77. The third kappa shape index (κ3) is 3.22. The summed E-state index contributed by atoms with van der Waals surface area (Å²) < 4.78 is 1.69. The molecule has 17 heavy (non-hydrogen) atoms. The normalized spacial score (nSPS) is 10.5. The number of hydrogen-bond donors (Lipinski definition) is 2. The smallest absolute Gasteiger partial charge is 0.0729 e. The molecule has 1 aromatic heterocycles. The van der Waals surface area contributed by atoms with E-state index in [9.17, 15) is 0 Å².